The third kappa shape index (κ3) is 3.68. The van der Waals surface area contributed by atoms with Crippen molar-refractivity contribution in [2.24, 2.45) is 7.05 Å². The summed E-state index contributed by atoms with van der Waals surface area (Å²) >= 11 is 0. The molecule has 0 N–H and O–H groups in total. The summed E-state index contributed by atoms with van der Waals surface area (Å²) in [7, 11) is 4.58. The first-order valence-corrected chi connectivity index (χ1v) is 11.9. The Labute approximate surface area is 218 Å². The predicted molar refractivity (Wildman–Crippen MR) is 137 cm³/mol. The zero-order valence-electron chi connectivity index (χ0n) is 21.9. The number of halogens is 1. The maximum absolute atomic E-state index is 15.4. The number of carbonyl (C=O) groups is 1. The van der Waals surface area contributed by atoms with Crippen LogP contribution in [0.1, 0.15) is 58.8 Å². The van der Waals surface area contributed by atoms with Crippen LogP contribution >= 0.6 is 0 Å². The molecule has 3 aromatic heterocycles. The van der Waals surface area contributed by atoms with Crippen LogP contribution < -0.4 is 14.4 Å². The molecule has 11 heteroatoms. The van der Waals surface area contributed by atoms with Crippen molar-refractivity contribution in [3.63, 3.8) is 0 Å². The summed E-state index contributed by atoms with van der Waals surface area (Å²) in [5.74, 6) is -0.570. The second-order valence-corrected chi connectivity index (χ2v) is 9.23. The minimum Gasteiger partial charge on any atom is -0.480 e. The first-order chi connectivity index (χ1) is 18.2. The number of carbonyl (C=O) groups excluding carboxylic acids is 1. The van der Waals surface area contributed by atoms with Crippen LogP contribution in [0, 0.1) is 24.1 Å². The molecule has 0 bridgehead atoms. The lowest BCUT2D eigenvalue weighted by Gasteiger charge is -2.29. The second kappa shape index (κ2) is 9.30. The Balaban J connectivity index is 1.80. The molecular formula is C27H26FN7O3. The SMILES string of the molecule is COc1ncc(-c2cc3c(n2C(C)C)C(c2ccc(C#N)cc2)N(c2c(F)c(C)nn2C)C3=O)c(OC)n1. The molecule has 194 valence electrons. The molecule has 1 amide bonds. The Kier molecular flexibility index (Phi) is 6.11. The summed E-state index contributed by atoms with van der Waals surface area (Å²) < 4.78 is 29.5. The molecule has 1 atom stereocenters. The molecule has 1 aliphatic rings. The number of nitriles is 1. The van der Waals surface area contributed by atoms with E-state index in [1.807, 2.05) is 18.4 Å². The largest absolute Gasteiger partial charge is 0.480 e. The van der Waals surface area contributed by atoms with Crippen molar-refractivity contribution in [3.8, 4) is 29.2 Å². The molecule has 5 rings (SSSR count). The Hall–Kier alpha value is -4.72. The van der Waals surface area contributed by atoms with E-state index in [0.29, 0.717) is 34.0 Å². The number of aryl methyl sites for hydroxylation is 2. The Bertz CT molecular complexity index is 1600. The minimum atomic E-state index is -0.684. The summed E-state index contributed by atoms with van der Waals surface area (Å²) in [6, 6.07) is 10.2. The maximum Gasteiger partial charge on any atom is 0.319 e. The number of fused-ring (bicyclic) bond motifs is 1. The van der Waals surface area contributed by atoms with Crippen molar-refractivity contribution in [3.05, 3.63) is 70.4 Å². The van der Waals surface area contributed by atoms with Gasteiger partial charge >= 0.3 is 6.01 Å². The number of nitrogens with zero attached hydrogens (tertiary/aromatic N) is 7. The lowest BCUT2D eigenvalue weighted by molar-refractivity contribution is 0.0991. The van der Waals surface area contributed by atoms with E-state index in [1.165, 1.54) is 23.8 Å². The molecule has 1 aromatic carbocycles. The fraction of sp³-hybridized carbons (Fsp3) is 0.296. The van der Waals surface area contributed by atoms with Crippen LogP contribution in [0.25, 0.3) is 11.3 Å². The van der Waals surface area contributed by atoms with Gasteiger partial charge in [0.05, 0.1) is 54.1 Å². The van der Waals surface area contributed by atoms with Gasteiger partial charge in [0.15, 0.2) is 11.6 Å². The molecule has 4 heterocycles. The van der Waals surface area contributed by atoms with E-state index in [-0.39, 0.29) is 29.5 Å². The average molecular weight is 516 g/mol. The molecule has 0 radical (unpaired) electrons. The van der Waals surface area contributed by atoms with Gasteiger partial charge < -0.3 is 14.0 Å². The predicted octanol–water partition coefficient (Wildman–Crippen LogP) is 4.35. The van der Waals surface area contributed by atoms with Gasteiger partial charge in [0.25, 0.3) is 5.91 Å². The molecule has 38 heavy (non-hydrogen) atoms. The van der Waals surface area contributed by atoms with E-state index in [2.05, 4.69) is 21.1 Å². The van der Waals surface area contributed by atoms with Crippen molar-refractivity contribution in [2.75, 3.05) is 19.1 Å². The number of hydrogen-bond acceptors (Lipinski definition) is 7. The standard InChI is InChI=1S/C27H26FN7O3/c1-14(2)34-20(19-13-30-27(38-6)31-24(19)37-5)11-18-23(34)22(17-9-7-16(12-29)8-10-17)35(26(18)36)25-21(28)15(3)32-33(25)4/h7-11,13-14,22H,1-6H3. The number of amides is 1. The van der Waals surface area contributed by atoms with Crippen molar-refractivity contribution >= 4 is 11.7 Å². The van der Waals surface area contributed by atoms with Crippen LogP contribution in [-0.4, -0.2) is 44.4 Å². The van der Waals surface area contributed by atoms with E-state index in [9.17, 15) is 10.1 Å². The second-order valence-electron chi connectivity index (χ2n) is 9.23. The quantitative estimate of drug-likeness (QED) is 0.375. The van der Waals surface area contributed by atoms with E-state index in [0.717, 1.165) is 5.56 Å². The van der Waals surface area contributed by atoms with Crippen LogP contribution in [0.15, 0.2) is 36.5 Å². The average Bonchev–Trinajstić information content (AvgIpc) is 3.51. The summed E-state index contributed by atoms with van der Waals surface area (Å²) in [6.45, 7) is 5.56. The Morgan fingerprint density at radius 3 is 2.39 bits per heavy atom. The van der Waals surface area contributed by atoms with Crippen molar-refractivity contribution in [2.45, 2.75) is 32.9 Å². The van der Waals surface area contributed by atoms with E-state index in [4.69, 9.17) is 9.47 Å². The van der Waals surface area contributed by atoms with Gasteiger partial charge in [-0.1, -0.05) is 12.1 Å². The molecule has 0 fully saturated rings. The zero-order valence-corrected chi connectivity index (χ0v) is 21.9. The van der Waals surface area contributed by atoms with Gasteiger partial charge in [0, 0.05) is 19.3 Å². The van der Waals surface area contributed by atoms with E-state index < -0.39 is 11.9 Å². The zero-order chi connectivity index (χ0) is 27.3. The van der Waals surface area contributed by atoms with Gasteiger partial charge in [-0.3, -0.25) is 9.69 Å². The molecule has 0 spiro atoms. The third-order valence-corrected chi connectivity index (χ3v) is 6.65. The smallest absolute Gasteiger partial charge is 0.319 e. The van der Waals surface area contributed by atoms with Crippen molar-refractivity contribution in [1.29, 1.82) is 5.26 Å². The molecule has 1 aliphatic heterocycles. The van der Waals surface area contributed by atoms with Crippen LogP contribution in [0.2, 0.25) is 0 Å². The molecule has 10 nitrogen and oxygen atoms in total. The highest BCUT2D eigenvalue weighted by Crippen LogP contribution is 2.47. The number of methoxy groups -OCH3 is 2. The fourth-order valence-electron chi connectivity index (χ4n) is 5.05. The van der Waals surface area contributed by atoms with Gasteiger partial charge in [-0.15, -0.1) is 0 Å². The molecule has 0 saturated heterocycles. The number of rotatable bonds is 6. The van der Waals surface area contributed by atoms with Gasteiger partial charge in [-0.25, -0.2) is 14.1 Å². The van der Waals surface area contributed by atoms with Crippen LogP contribution in [-0.2, 0) is 7.05 Å². The Morgan fingerprint density at radius 2 is 1.84 bits per heavy atom. The number of anilines is 1. The summed E-state index contributed by atoms with van der Waals surface area (Å²) in [6.07, 6.45) is 1.59. The molecule has 0 saturated carbocycles. The summed E-state index contributed by atoms with van der Waals surface area (Å²) in [5, 5.41) is 13.5. The van der Waals surface area contributed by atoms with Crippen LogP contribution in [0.5, 0.6) is 11.9 Å². The molecule has 1 unspecified atom stereocenters. The molecule has 0 aliphatic carbocycles. The highest BCUT2D eigenvalue weighted by Gasteiger charge is 2.45. The number of benzene rings is 1. The normalized spacial score (nSPS) is 14.7. The van der Waals surface area contributed by atoms with Crippen molar-refractivity contribution in [1.82, 2.24) is 24.3 Å². The maximum atomic E-state index is 15.4. The number of aromatic nitrogens is 5. The van der Waals surface area contributed by atoms with E-state index >= 15 is 4.39 Å². The minimum absolute atomic E-state index is 0.0697. The highest BCUT2D eigenvalue weighted by molar-refractivity contribution is 6.12. The van der Waals surface area contributed by atoms with Crippen LogP contribution in [0.4, 0.5) is 10.2 Å². The fourth-order valence-corrected chi connectivity index (χ4v) is 5.05. The van der Waals surface area contributed by atoms with Crippen molar-refractivity contribution < 1.29 is 18.7 Å². The van der Waals surface area contributed by atoms with Gasteiger partial charge in [0.1, 0.15) is 6.04 Å². The lowest BCUT2D eigenvalue weighted by Crippen LogP contribution is -2.32. The van der Waals surface area contributed by atoms with Gasteiger partial charge in [-0.2, -0.15) is 15.3 Å². The topological polar surface area (TPSA) is 111 Å². The first-order valence-electron chi connectivity index (χ1n) is 11.9. The van der Waals surface area contributed by atoms with E-state index in [1.54, 1.807) is 50.5 Å². The van der Waals surface area contributed by atoms with Crippen LogP contribution in [0.3, 0.4) is 0 Å². The Morgan fingerprint density at radius 1 is 1.13 bits per heavy atom. The van der Waals surface area contributed by atoms with Gasteiger partial charge in [-0.05, 0) is 44.5 Å². The first kappa shape index (κ1) is 25.0. The third-order valence-electron chi connectivity index (χ3n) is 6.65. The number of hydrogen-bond donors (Lipinski definition) is 0. The summed E-state index contributed by atoms with van der Waals surface area (Å²) in [4.78, 5) is 24.1. The molecule has 4 aromatic rings. The molecular weight excluding hydrogens is 489 g/mol. The monoisotopic (exact) mass is 515 g/mol. The summed E-state index contributed by atoms with van der Waals surface area (Å²) in [5.41, 5.74) is 3.75. The number of ether oxygens (including phenoxy) is 2. The highest BCUT2D eigenvalue weighted by atomic mass is 19.1. The van der Waals surface area contributed by atoms with Gasteiger partial charge in [0.2, 0.25) is 5.88 Å². The lowest BCUT2D eigenvalue weighted by atomic mass is 10.0.